The monoisotopic (exact) mass is 303 g/mol. The molecule has 86 valence electrons. The zero-order chi connectivity index (χ0) is 11.7. The maximum absolute atomic E-state index is 11.7. The Bertz CT molecular complexity index is 424. The number of amides is 1. The molecule has 1 aromatic carbocycles. The molecule has 0 N–H and O–H groups in total. The van der Waals surface area contributed by atoms with E-state index in [4.69, 9.17) is 16.3 Å². The number of methoxy groups -OCH3 is 1. The van der Waals surface area contributed by atoms with Crippen molar-refractivity contribution in [3.8, 4) is 5.75 Å². The number of carbonyl (C=O) groups excluding carboxylic acids is 1. The van der Waals surface area contributed by atoms with E-state index in [1.165, 1.54) is 0 Å². The third-order valence-electron chi connectivity index (χ3n) is 2.53. The fraction of sp³-hybridized carbons (Fsp3) is 0.364. The molecule has 3 nitrogen and oxygen atoms in total. The second kappa shape index (κ2) is 4.63. The number of nitrogens with zero attached hydrogens (tertiary/aromatic N) is 1. The van der Waals surface area contributed by atoms with Gasteiger partial charge in [0, 0.05) is 13.0 Å². The lowest BCUT2D eigenvalue weighted by molar-refractivity contribution is -0.117. The van der Waals surface area contributed by atoms with Gasteiger partial charge < -0.3 is 9.64 Å². The molecule has 1 fully saturated rings. The molecule has 0 radical (unpaired) electrons. The second-order valence-electron chi connectivity index (χ2n) is 3.60. The first-order valence-corrected chi connectivity index (χ1v) is 6.13. The van der Waals surface area contributed by atoms with E-state index in [2.05, 4.69) is 15.9 Å². The van der Waals surface area contributed by atoms with Crippen LogP contribution in [0.4, 0.5) is 5.69 Å². The summed E-state index contributed by atoms with van der Waals surface area (Å²) in [5.41, 5.74) is 0.813. The highest BCUT2D eigenvalue weighted by Crippen LogP contribution is 2.36. The molecule has 0 bridgehead atoms. The highest BCUT2D eigenvalue weighted by molar-refractivity contribution is 9.10. The predicted octanol–water partition coefficient (Wildman–Crippen LogP) is 2.80. The van der Waals surface area contributed by atoms with E-state index < -0.39 is 0 Å². The summed E-state index contributed by atoms with van der Waals surface area (Å²) < 4.78 is 5.98. The van der Waals surface area contributed by atoms with E-state index >= 15 is 0 Å². The van der Waals surface area contributed by atoms with Gasteiger partial charge in [-0.3, -0.25) is 4.79 Å². The first-order chi connectivity index (χ1) is 7.63. The molecule has 16 heavy (non-hydrogen) atoms. The minimum atomic E-state index is -0.106. The highest BCUT2D eigenvalue weighted by Gasteiger charge is 2.30. The molecular formula is C11H11BrClNO2. The molecule has 0 saturated carbocycles. The van der Waals surface area contributed by atoms with Gasteiger partial charge in [-0.25, -0.2) is 0 Å². The van der Waals surface area contributed by atoms with E-state index in [0.717, 1.165) is 10.2 Å². The Morgan fingerprint density at radius 2 is 2.31 bits per heavy atom. The van der Waals surface area contributed by atoms with Crippen LogP contribution < -0.4 is 9.64 Å². The highest BCUT2D eigenvalue weighted by atomic mass is 79.9. The van der Waals surface area contributed by atoms with E-state index in [1.54, 1.807) is 12.0 Å². The Morgan fingerprint density at radius 3 is 2.88 bits per heavy atom. The quantitative estimate of drug-likeness (QED) is 0.786. The van der Waals surface area contributed by atoms with Gasteiger partial charge in [0.25, 0.3) is 0 Å². The summed E-state index contributed by atoms with van der Waals surface area (Å²) in [5, 5.41) is -0.106. The molecular weight excluding hydrogens is 293 g/mol. The zero-order valence-electron chi connectivity index (χ0n) is 8.74. The van der Waals surface area contributed by atoms with Crippen molar-refractivity contribution in [2.75, 3.05) is 18.6 Å². The Kier molecular flexibility index (Phi) is 3.40. The molecule has 0 spiro atoms. The van der Waals surface area contributed by atoms with Gasteiger partial charge in [-0.1, -0.05) is 6.07 Å². The summed E-state index contributed by atoms with van der Waals surface area (Å²) in [5.74, 6) is 0.761. The minimum absolute atomic E-state index is 0.0500. The summed E-state index contributed by atoms with van der Waals surface area (Å²) >= 11 is 9.41. The van der Waals surface area contributed by atoms with Crippen LogP contribution in [-0.4, -0.2) is 24.9 Å². The molecule has 1 aliphatic heterocycles. The number of halogens is 2. The van der Waals surface area contributed by atoms with Gasteiger partial charge >= 0.3 is 0 Å². The number of benzene rings is 1. The van der Waals surface area contributed by atoms with Crippen molar-refractivity contribution in [2.45, 2.75) is 11.8 Å². The van der Waals surface area contributed by atoms with E-state index in [-0.39, 0.29) is 11.3 Å². The van der Waals surface area contributed by atoms with Crippen molar-refractivity contribution in [2.24, 2.45) is 0 Å². The van der Waals surface area contributed by atoms with E-state index in [9.17, 15) is 4.79 Å². The van der Waals surface area contributed by atoms with Crippen LogP contribution in [0.1, 0.15) is 6.42 Å². The number of anilines is 1. The first kappa shape index (κ1) is 11.7. The molecule has 0 aromatic heterocycles. The Balaban J connectivity index is 2.37. The number of hydrogen-bond acceptors (Lipinski definition) is 2. The Hall–Kier alpha value is -0.740. The van der Waals surface area contributed by atoms with Crippen LogP contribution in [0.2, 0.25) is 0 Å². The molecule has 1 heterocycles. The van der Waals surface area contributed by atoms with Crippen molar-refractivity contribution in [1.29, 1.82) is 0 Å². The maximum atomic E-state index is 11.7. The van der Waals surface area contributed by atoms with Crippen molar-refractivity contribution < 1.29 is 9.53 Å². The van der Waals surface area contributed by atoms with Gasteiger partial charge in [0.1, 0.15) is 5.75 Å². The molecule has 1 aromatic rings. The average molecular weight is 305 g/mol. The average Bonchev–Trinajstić information content (AvgIpc) is 2.58. The molecule has 1 unspecified atom stereocenters. The van der Waals surface area contributed by atoms with Crippen LogP contribution in [0.5, 0.6) is 5.75 Å². The van der Waals surface area contributed by atoms with Crippen LogP contribution in [0.15, 0.2) is 22.7 Å². The van der Waals surface area contributed by atoms with Gasteiger partial charge in [-0.15, -0.1) is 11.6 Å². The lowest BCUT2D eigenvalue weighted by Gasteiger charge is -2.18. The van der Waals surface area contributed by atoms with E-state index in [1.807, 2.05) is 18.2 Å². The van der Waals surface area contributed by atoms with Gasteiger partial charge in [0.2, 0.25) is 5.91 Å². The lowest BCUT2D eigenvalue weighted by atomic mass is 10.3. The molecule has 1 saturated heterocycles. The number of ether oxygens (including phenoxy) is 1. The first-order valence-electron chi connectivity index (χ1n) is 4.90. The smallest absolute Gasteiger partial charge is 0.228 e. The second-order valence-corrected chi connectivity index (χ2v) is 5.01. The zero-order valence-corrected chi connectivity index (χ0v) is 11.1. The third kappa shape index (κ3) is 2.04. The predicted molar refractivity (Wildman–Crippen MR) is 67.3 cm³/mol. The summed E-state index contributed by atoms with van der Waals surface area (Å²) in [7, 11) is 1.60. The summed E-state index contributed by atoms with van der Waals surface area (Å²) in [4.78, 5) is 13.4. The maximum Gasteiger partial charge on any atom is 0.228 e. The van der Waals surface area contributed by atoms with Gasteiger partial charge in [0.05, 0.1) is 22.6 Å². The number of rotatable bonds is 2. The van der Waals surface area contributed by atoms with Crippen molar-refractivity contribution in [1.82, 2.24) is 0 Å². The van der Waals surface area contributed by atoms with Crippen LogP contribution in [0.3, 0.4) is 0 Å². The topological polar surface area (TPSA) is 29.5 Å². The standard InChI is InChI=1S/C11H11BrClNO2/c1-16-9-4-2-3-8(11(9)12)14-6-7(13)5-10(14)15/h2-4,7H,5-6H2,1H3. The van der Waals surface area contributed by atoms with Crippen LogP contribution >= 0.6 is 27.5 Å². The van der Waals surface area contributed by atoms with Crippen LogP contribution in [0.25, 0.3) is 0 Å². The van der Waals surface area contributed by atoms with Crippen molar-refractivity contribution in [3.05, 3.63) is 22.7 Å². The fourth-order valence-corrected chi connectivity index (χ4v) is 2.67. The third-order valence-corrected chi connectivity index (χ3v) is 3.62. The van der Waals surface area contributed by atoms with Crippen LogP contribution in [0, 0.1) is 0 Å². The largest absolute Gasteiger partial charge is 0.495 e. The van der Waals surface area contributed by atoms with Gasteiger partial charge in [-0.2, -0.15) is 0 Å². The number of hydrogen-bond donors (Lipinski definition) is 0. The van der Waals surface area contributed by atoms with Crippen molar-refractivity contribution >= 4 is 39.1 Å². The molecule has 1 amide bonds. The SMILES string of the molecule is COc1cccc(N2CC(Cl)CC2=O)c1Br. The van der Waals surface area contributed by atoms with Crippen LogP contribution in [-0.2, 0) is 4.79 Å². The van der Waals surface area contributed by atoms with E-state index in [0.29, 0.717) is 18.7 Å². The van der Waals surface area contributed by atoms with Crippen molar-refractivity contribution in [3.63, 3.8) is 0 Å². The summed E-state index contributed by atoms with van der Waals surface area (Å²) in [6.07, 6.45) is 0.394. The summed E-state index contributed by atoms with van der Waals surface area (Å²) in [6, 6.07) is 5.57. The van der Waals surface area contributed by atoms with Gasteiger partial charge in [0.15, 0.2) is 0 Å². The molecule has 1 aliphatic rings. The Labute approximate surface area is 107 Å². The number of carbonyl (C=O) groups is 1. The number of alkyl halides is 1. The molecule has 5 heteroatoms. The fourth-order valence-electron chi connectivity index (χ4n) is 1.76. The molecule has 1 atom stereocenters. The minimum Gasteiger partial charge on any atom is -0.495 e. The lowest BCUT2D eigenvalue weighted by Crippen LogP contribution is -2.25. The van der Waals surface area contributed by atoms with Gasteiger partial charge in [-0.05, 0) is 28.1 Å². The molecule has 0 aliphatic carbocycles. The normalized spacial score (nSPS) is 20.3. The summed E-state index contributed by atoms with van der Waals surface area (Å²) in [6.45, 7) is 0.548. The Morgan fingerprint density at radius 1 is 1.56 bits per heavy atom. The molecule has 2 rings (SSSR count).